The van der Waals surface area contributed by atoms with Crippen LogP contribution in [0.3, 0.4) is 0 Å². The fourth-order valence-corrected chi connectivity index (χ4v) is 4.48. The number of hydrogen-bond acceptors (Lipinski definition) is 4. The number of anilines is 1. The van der Waals surface area contributed by atoms with E-state index < -0.39 is 50.3 Å². The van der Waals surface area contributed by atoms with Gasteiger partial charge in [0.05, 0.1) is 26.5 Å². The maximum absolute atomic E-state index is 13.0. The van der Waals surface area contributed by atoms with Crippen molar-refractivity contribution in [1.82, 2.24) is 0 Å². The molecule has 148 valence electrons. The van der Waals surface area contributed by atoms with Gasteiger partial charge < -0.3 is 9.42 Å². The summed E-state index contributed by atoms with van der Waals surface area (Å²) in [5.74, 6) is 0. The van der Waals surface area contributed by atoms with Gasteiger partial charge in [0.25, 0.3) is 10.0 Å². The van der Waals surface area contributed by atoms with Crippen molar-refractivity contribution in [2.45, 2.75) is 11.1 Å². The average Bonchev–Trinajstić information content (AvgIpc) is 2.53. The van der Waals surface area contributed by atoms with Crippen LogP contribution in [0.2, 0.25) is 10.0 Å². The molecule has 1 unspecified atom stereocenters. The molecular formula is C14H11Cl2F3NO5PS. The molecule has 0 aliphatic carbocycles. The third-order valence-corrected chi connectivity index (χ3v) is 6.73. The first-order valence-electron chi connectivity index (χ1n) is 6.86. The summed E-state index contributed by atoms with van der Waals surface area (Å²) in [5, 5.41) is -1.09. The van der Waals surface area contributed by atoms with E-state index in [2.05, 4.69) is 4.52 Å². The van der Waals surface area contributed by atoms with E-state index in [0.29, 0.717) is 6.07 Å². The first kappa shape index (κ1) is 22.0. The minimum atomic E-state index is -4.87. The van der Waals surface area contributed by atoms with E-state index in [1.807, 2.05) is 4.72 Å². The number of nitrogens with one attached hydrogen (secondary N) is 1. The van der Waals surface area contributed by atoms with Gasteiger partial charge in [0.15, 0.2) is 0 Å². The van der Waals surface area contributed by atoms with Gasteiger partial charge in [-0.2, -0.15) is 13.2 Å². The topological polar surface area (TPSA) is 92.7 Å². The van der Waals surface area contributed by atoms with E-state index in [0.717, 1.165) is 31.4 Å². The second-order valence-electron chi connectivity index (χ2n) is 5.11. The Hall–Kier alpha value is -1.29. The number of hydrogen-bond donors (Lipinski definition) is 2. The summed E-state index contributed by atoms with van der Waals surface area (Å²) in [7, 11) is -8.03. The smallest absolute Gasteiger partial charge is 0.321 e. The van der Waals surface area contributed by atoms with Gasteiger partial charge in [-0.3, -0.25) is 9.29 Å². The van der Waals surface area contributed by atoms with Crippen LogP contribution in [0.25, 0.3) is 0 Å². The molecule has 2 aromatic carbocycles. The van der Waals surface area contributed by atoms with E-state index in [1.165, 1.54) is 6.07 Å². The molecule has 0 fully saturated rings. The molecule has 0 aliphatic rings. The molecule has 2 N–H and O–H groups in total. The molecule has 0 radical (unpaired) electrons. The van der Waals surface area contributed by atoms with Crippen LogP contribution in [-0.2, 0) is 25.3 Å². The van der Waals surface area contributed by atoms with Crippen LogP contribution in [0, 0.1) is 0 Å². The standard InChI is InChI=1S/C14H11Cl2F3NO5PS/c1-25-26(21,22)13-5-2-8(15)6-12(13)20-27(23,24)9-3-4-11(16)10(7-9)14(17,18)19/h2-7,20H,1H3,(H,21,22). The lowest BCUT2D eigenvalue weighted by molar-refractivity contribution is -0.137. The minimum Gasteiger partial charge on any atom is -0.321 e. The lowest BCUT2D eigenvalue weighted by atomic mass is 10.2. The monoisotopic (exact) mass is 463 g/mol. The Balaban J connectivity index is 2.56. The maximum Gasteiger partial charge on any atom is 0.417 e. The number of benzene rings is 2. The average molecular weight is 464 g/mol. The lowest BCUT2D eigenvalue weighted by Gasteiger charge is -2.17. The van der Waals surface area contributed by atoms with Crippen molar-refractivity contribution in [2.24, 2.45) is 0 Å². The summed E-state index contributed by atoms with van der Waals surface area (Å²) < 4.78 is 82.3. The largest absolute Gasteiger partial charge is 0.417 e. The molecule has 2 rings (SSSR count). The van der Waals surface area contributed by atoms with Gasteiger partial charge in [-0.25, -0.2) is 8.42 Å². The van der Waals surface area contributed by atoms with Gasteiger partial charge in [0.2, 0.25) is 0 Å². The minimum absolute atomic E-state index is 0.0136. The Morgan fingerprint density at radius 1 is 1.15 bits per heavy atom. The summed E-state index contributed by atoms with van der Waals surface area (Å²) >= 11 is 11.3. The Morgan fingerprint density at radius 2 is 1.78 bits per heavy atom. The van der Waals surface area contributed by atoms with E-state index in [9.17, 15) is 31.0 Å². The molecule has 2 aromatic rings. The summed E-state index contributed by atoms with van der Waals surface area (Å²) in [6.07, 6.45) is -4.87. The molecule has 0 aliphatic heterocycles. The molecule has 0 amide bonds. The van der Waals surface area contributed by atoms with Crippen molar-refractivity contribution < 1.29 is 35.6 Å². The van der Waals surface area contributed by atoms with Crippen LogP contribution < -0.4 is 10.0 Å². The molecular weight excluding hydrogens is 453 g/mol. The van der Waals surface area contributed by atoms with Crippen molar-refractivity contribution in [1.29, 1.82) is 0 Å². The van der Waals surface area contributed by atoms with Crippen LogP contribution in [-0.4, -0.2) is 20.4 Å². The molecule has 27 heavy (non-hydrogen) atoms. The van der Waals surface area contributed by atoms with E-state index in [4.69, 9.17) is 23.2 Å². The van der Waals surface area contributed by atoms with Crippen LogP contribution in [0.5, 0.6) is 0 Å². The van der Waals surface area contributed by atoms with Crippen LogP contribution in [0.15, 0.2) is 41.3 Å². The predicted molar refractivity (Wildman–Crippen MR) is 95.2 cm³/mol. The maximum atomic E-state index is 13.0. The SMILES string of the molecule is COP(=O)(O)c1ccc(Cl)cc1NS(=O)(=O)c1ccc(Cl)c(C(F)(F)F)c1. The number of halogens is 5. The predicted octanol–water partition coefficient (Wildman–Crippen LogP) is 4.27. The summed E-state index contributed by atoms with van der Waals surface area (Å²) in [6.45, 7) is 0. The zero-order valence-electron chi connectivity index (χ0n) is 13.3. The van der Waals surface area contributed by atoms with Gasteiger partial charge in [-0.15, -0.1) is 0 Å². The molecule has 0 saturated heterocycles. The highest BCUT2D eigenvalue weighted by atomic mass is 35.5. The van der Waals surface area contributed by atoms with Gasteiger partial charge in [0, 0.05) is 12.1 Å². The third-order valence-electron chi connectivity index (χ3n) is 3.31. The van der Waals surface area contributed by atoms with Crippen LogP contribution in [0.4, 0.5) is 18.9 Å². The normalized spacial score (nSPS) is 14.6. The zero-order valence-corrected chi connectivity index (χ0v) is 16.5. The lowest BCUT2D eigenvalue weighted by Crippen LogP contribution is -2.20. The highest BCUT2D eigenvalue weighted by Gasteiger charge is 2.35. The molecule has 0 heterocycles. The second-order valence-corrected chi connectivity index (χ2v) is 9.52. The number of rotatable bonds is 5. The van der Waals surface area contributed by atoms with Crippen molar-refractivity contribution >= 4 is 51.8 Å². The van der Waals surface area contributed by atoms with Gasteiger partial charge >= 0.3 is 13.8 Å². The number of alkyl halides is 3. The van der Waals surface area contributed by atoms with Crippen molar-refractivity contribution in [3.63, 3.8) is 0 Å². The summed E-state index contributed by atoms with van der Waals surface area (Å²) in [4.78, 5) is 9.06. The molecule has 0 aromatic heterocycles. The molecule has 13 heteroatoms. The molecule has 1 atom stereocenters. The van der Waals surface area contributed by atoms with Crippen molar-refractivity contribution in [2.75, 3.05) is 11.8 Å². The van der Waals surface area contributed by atoms with Crippen LogP contribution in [0.1, 0.15) is 5.56 Å². The third kappa shape index (κ3) is 4.96. The van der Waals surface area contributed by atoms with Gasteiger partial charge in [-0.05, 0) is 36.4 Å². The van der Waals surface area contributed by atoms with E-state index in [-0.39, 0.29) is 5.02 Å². The zero-order chi connectivity index (χ0) is 20.6. The molecule has 0 bridgehead atoms. The second kappa shape index (κ2) is 7.62. The van der Waals surface area contributed by atoms with E-state index in [1.54, 1.807) is 0 Å². The van der Waals surface area contributed by atoms with Crippen LogP contribution >= 0.6 is 30.8 Å². The first-order valence-corrected chi connectivity index (χ1v) is 10.7. The van der Waals surface area contributed by atoms with Gasteiger partial charge in [0.1, 0.15) is 0 Å². The Morgan fingerprint density at radius 3 is 2.33 bits per heavy atom. The van der Waals surface area contributed by atoms with Gasteiger partial charge in [-0.1, -0.05) is 23.2 Å². The Kier molecular flexibility index (Phi) is 6.21. The fraction of sp³-hybridized carbons (Fsp3) is 0.143. The molecule has 0 spiro atoms. The first-order chi connectivity index (χ1) is 12.3. The van der Waals surface area contributed by atoms with Crippen molar-refractivity contribution in [3.8, 4) is 0 Å². The summed E-state index contributed by atoms with van der Waals surface area (Å²) in [6, 6.07) is 5.30. The van der Waals surface area contributed by atoms with Crippen molar-refractivity contribution in [3.05, 3.63) is 52.0 Å². The summed E-state index contributed by atoms with van der Waals surface area (Å²) in [5.41, 5.74) is -1.76. The Labute approximate surface area is 162 Å². The highest BCUT2D eigenvalue weighted by molar-refractivity contribution is 7.92. The molecule has 6 nitrogen and oxygen atoms in total. The molecule has 0 saturated carbocycles. The highest BCUT2D eigenvalue weighted by Crippen LogP contribution is 2.43. The fourth-order valence-electron chi connectivity index (χ4n) is 2.03. The Bertz CT molecular complexity index is 1030. The van der Waals surface area contributed by atoms with E-state index >= 15 is 0 Å². The quantitative estimate of drug-likeness (QED) is 0.645. The number of sulfonamides is 1.